The maximum Gasteiger partial charge on any atom is 0.222 e. The Morgan fingerprint density at radius 1 is 1.28 bits per heavy atom. The van der Waals surface area contributed by atoms with Gasteiger partial charge in [0.25, 0.3) is 0 Å². The Kier molecular flexibility index (Phi) is 7.31. The molecule has 0 unspecified atom stereocenters. The Balaban J connectivity index is 1.52. The topological polar surface area (TPSA) is 60.8 Å². The van der Waals surface area contributed by atoms with Gasteiger partial charge in [-0.3, -0.25) is 4.79 Å². The van der Waals surface area contributed by atoms with Crippen LogP contribution in [0.5, 0.6) is 0 Å². The van der Waals surface area contributed by atoms with Crippen LogP contribution in [0.1, 0.15) is 55.8 Å². The van der Waals surface area contributed by atoms with E-state index in [0.29, 0.717) is 18.3 Å². The van der Waals surface area contributed by atoms with Gasteiger partial charge < -0.3 is 15.1 Å². The molecule has 29 heavy (non-hydrogen) atoms. The number of aliphatic hydroxyl groups excluding tert-OH is 2. The van der Waals surface area contributed by atoms with Gasteiger partial charge in [0.2, 0.25) is 5.91 Å². The highest BCUT2D eigenvalue weighted by molar-refractivity contribution is 5.75. The van der Waals surface area contributed by atoms with Crippen molar-refractivity contribution in [3.63, 3.8) is 0 Å². The van der Waals surface area contributed by atoms with E-state index in [1.807, 2.05) is 43.3 Å². The standard InChI is InChI=1S/C25H35NO3/c1-17-8-4-6-10-20(17)23(27)13-12-21-22-15-18(14-19(22)16-24(21)28)9-5-7-11-25(29)26(2)3/h4,6,8,10,12-14,19,21-24,27-28H,5,7,9,11,15-16H2,1-3H3/b13-12+/t19-,21+,22-,23-,24+/m0/s1. The van der Waals surface area contributed by atoms with Crippen molar-refractivity contribution in [3.8, 4) is 0 Å². The fourth-order valence-electron chi connectivity index (χ4n) is 4.90. The third-order valence-corrected chi connectivity index (χ3v) is 6.61. The van der Waals surface area contributed by atoms with Crippen molar-refractivity contribution in [2.24, 2.45) is 17.8 Å². The number of hydrogen-bond acceptors (Lipinski definition) is 3. The van der Waals surface area contributed by atoms with E-state index in [1.165, 1.54) is 5.57 Å². The van der Waals surface area contributed by atoms with Crippen LogP contribution < -0.4 is 0 Å². The summed E-state index contributed by atoms with van der Waals surface area (Å²) in [5.41, 5.74) is 3.47. The first kappa shape index (κ1) is 21.8. The van der Waals surface area contributed by atoms with Gasteiger partial charge >= 0.3 is 0 Å². The number of amides is 1. The SMILES string of the molecule is Cc1ccccc1[C@@H](O)/C=C/[C@@H]1[C@H]2CC(CCCCC(=O)N(C)C)=C[C@H]2C[C@H]1O. The van der Waals surface area contributed by atoms with Crippen LogP contribution in [-0.2, 0) is 4.79 Å². The molecule has 1 aromatic rings. The van der Waals surface area contributed by atoms with E-state index in [0.717, 1.165) is 43.2 Å². The molecule has 1 fully saturated rings. The molecule has 0 heterocycles. The molecule has 0 aromatic heterocycles. The molecule has 0 spiro atoms. The number of allylic oxidation sites excluding steroid dienone is 2. The maximum absolute atomic E-state index is 11.7. The number of rotatable bonds is 8. The predicted octanol–water partition coefficient (Wildman–Crippen LogP) is 4.18. The summed E-state index contributed by atoms with van der Waals surface area (Å²) in [4.78, 5) is 13.3. The van der Waals surface area contributed by atoms with Crippen molar-refractivity contribution in [2.45, 2.75) is 57.7 Å². The number of aliphatic hydroxyl groups is 2. The van der Waals surface area contributed by atoms with Crippen LogP contribution in [0.4, 0.5) is 0 Å². The van der Waals surface area contributed by atoms with E-state index in [-0.39, 0.29) is 17.9 Å². The van der Waals surface area contributed by atoms with E-state index in [1.54, 1.807) is 19.0 Å². The molecule has 158 valence electrons. The third kappa shape index (κ3) is 5.37. The van der Waals surface area contributed by atoms with Crippen molar-refractivity contribution in [1.29, 1.82) is 0 Å². The van der Waals surface area contributed by atoms with Crippen LogP contribution in [0.2, 0.25) is 0 Å². The minimum Gasteiger partial charge on any atom is -0.392 e. The summed E-state index contributed by atoms with van der Waals surface area (Å²) in [6.45, 7) is 2.01. The fraction of sp³-hybridized carbons (Fsp3) is 0.560. The zero-order valence-corrected chi connectivity index (χ0v) is 17.9. The molecule has 1 amide bonds. The number of carbonyl (C=O) groups excluding carboxylic acids is 1. The summed E-state index contributed by atoms with van der Waals surface area (Å²) >= 11 is 0. The number of unbranched alkanes of at least 4 members (excludes halogenated alkanes) is 1. The van der Waals surface area contributed by atoms with Crippen molar-refractivity contribution in [3.05, 3.63) is 59.2 Å². The maximum atomic E-state index is 11.7. The summed E-state index contributed by atoms with van der Waals surface area (Å²) in [5.74, 6) is 1.17. The summed E-state index contributed by atoms with van der Waals surface area (Å²) in [7, 11) is 3.61. The number of benzene rings is 1. The van der Waals surface area contributed by atoms with Crippen molar-refractivity contribution in [2.75, 3.05) is 14.1 Å². The molecule has 0 bridgehead atoms. The Labute approximate surface area is 174 Å². The Bertz CT molecular complexity index is 767. The van der Waals surface area contributed by atoms with Gasteiger partial charge in [0.05, 0.1) is 12.2 Å². The van der Waals surface area contributed by atoms with Gasteiger partial charge in [-0.05, 0) is 62.0 Å². The van der Waals surface area contributed by atoms with Crippen LogP contribution in [0, 0.1) is 24.7 Å². The minimum absolute atomic E-state index is 0.0998. The first-order valence-electron chi connectivity index (χ1n) is 10.9. The van der Waals surface area contributed by atoms with Crippen LogP contribution in [0.25, 0.3) is 0 Å². The predicted molar refractivity (Wildman–Crippen MR) is 116 cm³/mol. The fourth-order valence-corrected chi connectivity index (χ4v) is 4.90. The quantitative estimate of drug-likeness (QED) is 0.511. The van der Waals surface area contributed by atoms with Crippen LogP contribution in [-0.4, -0.2) is 41.2 Å². The number of hydrogen-bond donors (Lipinski definition) is 2. The third-order valence-electron chi connectivity index (χ3n) is 6.61. The van der Waals surface area contributed by atoms with Gasteiger partial charge in [-0.2, -0.15) is 0 Å². The normalized spacial score (nSPS) is 27.1. The van der Waals surface area contributed by atoms with Gasteiger partial charge in [0, 0.05) is 26.4 Å². The van der Waals surface area contributed by atoms with Gasteiger partial charge in [0.1, 0.15) is 0 Å². The minimum atomic E-state index is -0.634. The van der Waals surface area contributed by atoms with E-state index in [9.17, 15) is 15.0 Å². The second-order valence-corrected chi connectivity index (χ2v) is 8.92. The smallest absolute Gasteiger partial charge is 0.222 e. The highest BCUT2D eigenvalue weighted by Crippen LogP contribution is 2.48. The van der Waals surface area contributed by atoms with Crippen LogP contribution in [0.15, 0.2) is 48.1 Å². The molecule has 4 nitrogen and oxygen atoms in total. The van der Waals surface area contributed by atoms with Crippen molar-refractivity contribution >= 4 is 5.91 Å². The number of nitrogens with zero attached hydrogens (tertiary/aromatic N) is 1. The van der Waals surface area contributed by atoms with Crippen LogP contribution in [0.3, 0.4) is 0 Å². The number of carbonyl (C=O) groups is 1. The van der Waals surface area contributed by atoms with Gasteiger partial charge in [-0.1, -0.05) is 48.1 Å². The molecule has 2 aliphatic rings. The summed E-state index contributed by atoms with van der Waals surface area (Å²) in [5, 5.41) is 21.1. The van der Waals surface area contributed by atoms with Gasteiger partial charge in [-0.25, -0.2) is 0 Å². The molecule has 2 N–H and O–H groups in total. The molecule has 2 aliphatic carbocycles. The lowest BCUT2D eigenvalue weighted by molar-refractivity contribution is -0.128. The molecular formula is C25H35NO3. The van der Waals surface area contributed by atoms with Crippen molar-refractivity contribution < 1.29 is 15.0 Å². The molecule has 0 aliphatic heterocycles. The lowest BCUT2D eigenvalue weighted by Gasteiger charge is -2.19. The Morgan fingerprint density at radius 2 is 2.03 bits per heavy atom. The van der Waals surface area contributed by atoms with E-state index in [2.05, 4.69) is 6.08 Å². The van der Waals surface area contributed by atoms with Crippen molar-refractivity contribution in [1.82, 2.24) is 4.90 Å². The molecular weight excluding hydrogens is 362 g/mol. The van der Waals surface area contributed by atoms with Gasteiger partial charge in [-0.15, -0.1) is 0 Å². The molecule has 4 heteroatoms. The average molecular weight is 398 g/mol. The Morgan fingerprint density at radius 3 is 2.76 bits per heavy atom. The second-order valence-electron chi connectivity index (χ2n) is 8.92. The summed E-state index contributed by atoms with van der Waals surface area (Å²) < 4.78 is 0. The van der Waals surface area contributed by atoms with Crippen LogP contribution >= 0.6 is 0 Å². The number of fused-ring (bicyclic) bond motifs is 1. The van der Waals surface area contributed by atoms with E-state index < -0.39 is 6.10 Å². The first-order chi connectivity index (χ1) is 13.9. The lowest BCUT2D eigenvalue weighted by Crippen LogP contribution is -2.21. The zero-order chi connectivity index (χ0) is 21.0. The largest absolute Gasteiger partial charge is 0.392 e. The highest BCUT2D eigenvalue weighted by atomic mass is 16.3. The molecule has 0 saturated heterocycles. The van der Waals surface area contributed by atoms with E-state index in [4.69, 9.17) is 0 Å². The van der Waals surface area contributed by atoms with Gasteiger partial charge in [0.15, 0.2) is 0 Å². The monoisotopic (exact) mass is 397 g/mol. The van der Waals surface area contributed by atoms with E-state index >= 15 is 0 Å². The lowest BCUT2D eigenvalue weighted by atomic mass is 9.88. The second kappa shape index (κ2) is 9.73. The zero-order valence-electron chi connectivity index (χ0n) is 17.9. The molecule has 5 atom stereocenters. The summed E-state index contributed by atoms with van der Waals surface area (Å²) in [6, 6.07) is 7.88. The molecule has 1 aromatic carbocycles. The molecule has 1 saturated carbocycles. The number of aryl methyl sites for hydroxylation is 1. The summed E-state index contributed by atoms with van der Waals surface area (Å²) in [6.07, 6.45) is 10.8. The average Bonchev–Trinajstić information content (AvgIpc) is 3.19. The molecule has 0 radical (unpaired) electrons. The highest BCUT2D eigenvalue weighted by Gasteiger charge is 2.43. The Hall–Kier alpha value is -1.91. The molecule has 3 rings (SSSR count). The first-order valence-corrected chi connectivity index (χ1v) is 10.9.